The van der Waals surface area contributed by atoms with Crippen LogP contribution in [0.3, 0.4) is 0 Å². The molecule has 1 aliphatic rings. The highest BCUT2D eigenvalue weighted by molar-refractivity contribution is 7.89. The van der Waals surface area contributed by atoms with Gasteiger partial charge in [-0.05, 0) is 12.1 Å². The van der Waals surface area contributed by atoms with Crippen LogP contribution in [0.2, 0.25) is 0 Å². The van der Waals surface area contributed by atoms with E-state index >= 15 is 0 Å². The maximum absolute atomic E-state index is 13.3. The monoisotopic (exact) mass is 309 g/mol. The number of carboxylic acid groups (broad SMARTS) is 1. The summed E-state index contributed by atoms with van der Waals surface area (Å²) in [6.07, 6.45) is 0. The molecule has 2 N–H and O–H groups in total. The van der Waals surface area contributed by atoms with Crippen molar-refractivity contribution in [2.75, 3.05) is 6.54 Å². The standard InChI is InChI=1S/C11H13F2NO5S/c1-10(2)7(11(10,12)13)5-14-20(17,18)8-4-3-6(19-8)9(15)16/h3-4,7,14H,5H2,1-2H3,(H,15,16). The Morgan fingerprint density at radius 2 is 2.00 bits per heavy atom. The minimum atomic E-state index is -4.14. The number of carbonyl (C=O) groups is 1. The summed E-state index contributed by atoms with van der Waals surface area (Å²) in [5, 5.41) is 8.01. The van der Waals surface area contributed by atoms with Gasteiger partial charge in [0, 0.05) is 17.9 Å². The van der Waals surface area contributed by atoms with Gasteiger partial charge >= 0.3 is 5.97 Å². The molecule has 1 fully saturated rings. The highest BCUT2D eigenvalue weighted by Gasteiger charge is 2.74. The Balaban J connectivity index is 2.07. The zero-order valence-corrected chi connectivity index (χ0v) is 11.5. The number of halogens is 2. The fourth-order valence-electron chi connectivity index (χ4n) is 1.98. The Morgan fingerprint density at radius 1 is 1.45 bits per heavy atom. The first kappa shape index (κ1) is 14.9. The minimum Gasteiger partial charge on any atom is -0.475 e. The van der Waals surface area contributed by atoms with Gasteiger partial charge in [0.25, 0.3) is 15.9 Å². The van der Waals surface area contributed by atoms with Gasteiger partial charge in [0.15, 0.2) is 0 Å². The zero-order chi connectivity index (χ0) is 15.3. The Morgan fingerprint density at radius 3 is 2.40 bits per heavy atom. The molecule has 0 aromatic carbocycles. The largest absolute Gasteiger partial charge is 0.475 e. The molecule has 6 nitrogen and oxygen atoms in total. The molecule has 0 bridgehead atoms. The molecule has 20 heavy (non-hydrogen) atoms. The van der Waals surface area contributed by atoms with E-state index in [-0.39, 0.29) is 0 Å². The van der Waals surface area contributed by atoms with Crippen LogP contribution in [0.5, 0.6) is 0 Å². The molecular weight excluding hydrogens is 296 g/mol. The van der Waals surface area contributed by atoms with Crippen LogP contribution >= 0.6 is 0 Å². The number of sulfonamides is 1. The van der Waals surface area contributed by atoms with E-state index in [1.807, 2.05) is 4.72 Å². The van der Waals surface area contributed by atoms with Gasteiger partial charge in [0.1, 0.15) is 0 Å². The topological polar surface area (TPSA) is 96.6 Å². The van der Waals surface area contributed by atoms with E-state index in [0.717, 1.165) is 12.1 Å². The zero-order valence-electron chi connectivity index (χ0n) is 10.7. The number of carboxylic acids is 1. The smallest absolute Gasteiger partial charge is 0.371 e. The van der Waals surface area contributed by atoms with Gasteiger partial charge in [-0.25, -0.2) is 26.7 Å². The summed E-state index contributed by atoms with van der Waals surface area (Å²) in [6.45, 7) is 2.26. The van der Waals surface area contributed by atoms with Crippen LogP contribution in [0, 0.1) is 11.3 Å². The molecule has 1 aromatic rings. The molecule has 0 aliphatic heterocycles. The predicted octanol–water partition coefficient (Wildman–Crippen LogP) is 1.55. The van der Waals surface area contributed by atoms with Crippen molar-refractivity contribution in [3.63, 3.8) is 0 Å². The summed E-state index contributed by atoms with van der Waals surface area (Å²) in [7, 11) is -4.14. The Hall–Kier alpha value is -1.48. The molecule has 1 aromatic heterocycles. The van der Waals surface area contributed by atoms with Crippen LogP contribution in [0.15, 0.2) is 21.6 Å². The third kappa shape index (κ3) is 2.20. The molecule has 0 saturated heterocycles. The van der Waals surface area contributed by atoms with Gasteiger partial charge in [0.05, 0.1) is 0 Å². The second-order valence-electron chi connectivity index (χ2n) is 5.17. The number of hydrogen-bond donors (Lipinski definition) is 2. The quantitative estimate of drug-likeness (QED) is 0.860. The van der Waals surface area contributed by atoms with Crippen molar-refractivity contribution in [3.05, 3.63) is 17.9 Å². The van der Waals surface area contributed by atoms with Crippen LogP contribution < -0.4 is 4.72 Å². The fraction of sp³-hybridized carbons (Fsp3) is 0.545. The lowest BCUT2D eigenvalue weighted by Gasteiger charge is -2.03. The highest BCUT2D eigenvalue weighted by Crippen LogP contribution is 2.65. The van der Waals surface area contributed by atoms with E-state index in [2.05, 4.69) is 4.42 Å². The van der Waals surface area contributed by atoms with Crippen molar-refractivity contribution >= 4 is 16.0 Å². The van der Waals surface area contributed by atoms with Gasteiger partial charge < -0.3 is 9.52 Å². The van der Waals surface area contributed by atoms with Gasteiger partial charge in [-0.2, -0.15) is 0 Å². The first-order valence-corrected chi connectivity index (χ1v) is 7.19. The van der Waals surface area contributed by atoms with Crippen molar-refractivity contribution in [2.24, 2.45) is 11.3 Å². The molecule has 0 amide bonds. The van der Waals surface area contributed by atoms with Crippen LogP contribution in [-0.4, -0.2) is 32.0 Å². The third-order valence-corrected chi connectivity index (χ3v) is 4.91. The van der Waals surface area contributed by atoms with Gasteiger partial charge in [-0.3, -0.25) is 0 Å². The maximum Gasteiger partial charge on any atom is 0.371 e. The Bertz CT molecular complexity index is 636. The van der Waals surface area contributed by atoms with E-state index < -0.39 is 50.6 Å². The maximum atomic E-state index is 13.3. The molecule has 9 heteroatoms. The van der Waals surface area contributed by atoms with E-state index in [1.54, 1.807) is 0 Å². The van der Waals surface area contributed by atoms with Crippen molar-refractivity contribution in [1.29, 1.82) is 0 Å². The third-order valence-electron chi connectivity index (χ3n) is 3.62. The molecule has 112 valence electrons. The van der Waals surface area contributed by atoms with E-state index in [1.165, 1.54) is 13.8 Å². The predicted molar refractivity (Wildman–Crippen MR) is 63.1 cm³/mol. The number of nitrogens with one attached hydrogen (secondary N) is 1. The van der Waals surface area contributed by atoms with E-state index in [0.29, 0.717) is 0 Å². The van der Waals surface area contributed by atoms with Gasteiger partial charge in [0.2, 0.25) is 10.9 Å². The number of rotatable bonds is 5. The molecule has 2 rings (SSSR count). The molecule has 1 unspecified atom stereocenters. The Kier molecular flexibility index (Phi) is 3.17. The SMILES string of the molecule is CC1(C)C(CNS(=O)(=O)c2ccc(C(=O)O)o2)C1(F)F. The first-order valence-electron chi connectivity index (χ1n) is 5.71. The highest BCUT2D eigenvalue weighted by atomic mass is 32.2. The lowest BCUT2D eigenvalue weighted by Crippen LogP contribution is -2.27. The van der Waals surface area contributed by atoms with Crippen LogP contribution in [0.25, 0.3) is 0 Å². The minimum absolute atomic E-state index is 0.439. The molecule has 1 atom stereocenters. The normalized spacial score (nSPS) is 23.5. The molecule has 1 aliphatic carbocycles. The number of aromatic carboxylic acids is 1. The lowest BCUT2D eigenvalue weighted by molar-refractivity contribution is 0.0655. The summed E-state index contributed by atoms with van der Waals surface area (Å²) in [5.41, 5.74) is -1.26. The summed E-state index contributed by atoms with van der Waals surface area (Å²) in [6, 6.07) is 1.94. The molecule has 0 spiro atoms. The van der Waals surface area contributed by atoms with Crippen molar-refractivity contribution in [2.45, 2.75) is 24.9 Å². The van der Waals surface area contributed by atoms with Crippen LogP contribution in [-0.2, 0) is 10.0 Å². The van der Waals surface area contributed by atoms with E-state index in [9.17, 15) is 22.0 Å². The molecule has 1 heterocycles. The fourth-order valence-corrected chi connectivity index (χ4v) is 2.96. The summed E-state index contributed by atoms with van der Waals surface area (Å²) < 4.78 is 56.8. The van der Waals surface area contributed by atoms with Crippen molar-refractivity contribution in [3.8, 4) is 0 Å². The van der Waals surface area contributed by atoms with Crippen LogP contribution in [0.4, 0.5) is 8.78 Å². The summed E-state index contributed by atoms with van der Waals surface area (Å²) >= 11 is 0. The average Bonchev–Trinajstić information content (AvgIpc) is 2.73. The average molecular weight is 309 g/mol. The van der Waals surface area contributed by atoms with Crippen molar-refractivity contribution < 1.29 is 31.5 Å². The van der Waals surface area contributed by atoms with Gasteiger partial charge in [-0.1, -0.05) is 13.8 Å². The number of furan rings is 1. The summed E-state index contributed by atoms with van der Waals surface area (Å²) in [5.74, 6) is -5.98. The second kappa shape index (κ2) is 4.26. The van der Waals surface area contributed by atoms with E-state index in [4.69, 9.17) is 5.11 Å². The number of alkyl halides is 2. The molecular formula is C11H13F2NO5S. The van der Waals surface area contributed by atoms with Crippen LogP contribution in [0.1, 0.15) is 24.4 Å². The number of hydrogen-bond acceptors (Lipinski definition) is 4. The first-order chi connectivity index (χ1) is 9.00. The molecule has 0 radical (unpaired) electrons. The van der Waals surface area contributed by atoms with Crippen molar-refractivity contribution in [1.82, 2.24) is 4.72 Å². The molecule has 1 saturated carbocycles. The second-order valence-corrected chi connectivity index (χ2v) is 6.87. The summed E-state index contributed by atoms with van der Waals surface area (Å²) in [4.78, 5) is 10.6. The Labute approximate surface area is 113 Å². The van der Waals surface area contributed by atoms with Gasteiger partial charge in [-0.15, -0.1) is 0 Å². The lowest BCUT2D eigenvalue weighted by atomic mass is 10.1.